The maximum absolute atomic E-state index is 13.9. The molecule has 17 heteroatoms. The predicted octanol–water partition coefficient (Wildman–Crippen LogP) is 3.30. The molecule has 1 amide bonds. The Balaban J connectivity index is 1.75. The molecule has 1 fully saturated rings. The number of methoxy groups -OCH3 is 1. The number of aliphatic hydroxyl groups is 2. The first-order valence-electron chi connectivity index (χ1n) is 16.7. The summed E-state index contributed by atoms with van der Waals surface area (Å²) in [6.45, 7) is 4.54. The number of phenolic OH excluding ortho intramolecular Hbond substituents is 2. The maximum Gasteiger partial charge on any atom is 0.471 e. The summed E-state index contributed by atoms with van der Waals surface area (Å²) in [6, 6.07) is 4.14. The van der Waals surface area contributed by atoms with Gasteiger partial charge in [0, 0.05) is 48.4 Å². The molecule has 4 rings (SSSR count). The van der Waals surface area contributed by atoms with E-state index in [-0.39, 0.29) is 47.5 Å². The van der Waals surface area contributed by atoms with Crippen LogP contribution in [0.5, 0.6) is 17.2 Å². The third-order valence-corrected chi connectivity index (χ3v) is 9.25. The van der Waals surface area contributed by atoms with Gasteiger partial charge in [-0.25, -0.2) is 0 Å². The lowest BCUT2D eigenvalue weighted by molar-refractivity contribution is -0.181. The molecule has 1 aliphatic heterocycles. The molecule has 14 nitrogen and oxygen atoms in total. The number of amides is 1. The number of phenols is 2. The van der Waals surface area contributed by atoms with Crippen LogP contribution in [0.4, 0.5) is 13.2 Å². The molecule has 0 bridgehead atoms. The number of esters is 1. The highest BCUT2D eigenvalue weighted by Gasteiger charge is 2.44. The number of Topliss-reactive ketones (excluding diaryl/α,β-unsaturated/α-hetero) is 1. The Morgan fingerprint density at radius 2 is 1.70 bits per heavy atom. The average Bonchev–Trinajstić information content (AvgIpc) is 3.12. The van der Waals surface area contributed by atoms with Gasteiger partial charge in [0.05, 0.1) is 30.4 Å². The van der Waals surface area contributed by atoms with Gasteiger partial charge >= 0.3 is 18.1 Å². The normalized spacial score (nSPS) is 19.4. The number of carbonyl (C=O) groups is 5. The molecule has 1 unspecified atom stereocenters. The Bertz CT molecular complexity index is 1810. The zero-order valence-corrected chi connectivity index (χ0v) is 29.1. The smallest absolute Gasteiger partial charge is 0.471 e. The van der Waals surface area contributed by atoms with Crippen molar-refractivity contribution in [2.75, 3.05) is 20.3 Å². The molecule has 2 aromatic carbocycles. The Morgan fingerprint density at radius 1 is 1.04 bits per heavy atom. The van der Waals surface area contributed by atoms with Crippen molar-refractivity contribution in [2.45, 2.75) is 83.2 Å². The number of fused-ring (bicyclic) bond motifs is 2. The highest BCUT2D eigenvalue weighted by atomic mass is 19.4. The van der Waals surface area contributed by atoms with Crippen molar-refractivity contribution in [3.8, 4) is 17.2 Å². The van der Waals surface area contributed by atoms with Crippen LogP contribution in [0.2, 0.25) is 0 Å². The first-order valence-corrected chi connectivity index (χ1v) is 16.7. The van der Waals surface area contributed by atoms with Crippen molar-refractivity contribution in [3.63, 3.8) is 0 Å². The molecule has 1 saturated heterocycles. The molecule has 288 valence electrons. The van der Waals surface area contributed by atoms with Gasteiger partial charge in [-0.1, -0.05) is 39.0 Å². The average molecular weight is 752 g/mol. The Labute approximate surface area is 301 Å². The van der Waals surface area contributed by atoms with Crippen LogP contribution in [0.15, 0.2) is 30.5 Å². The SMILES string of the molecule is C=C1O[C@@H](OCc2c(O)c3c(c(O)c2C[C@](O)(CC)C(=O)COC(=O)CCCC)C(=O)c2cccc(OC)c2C3=O)CC(CNC(=O)C(F)(F)F)[C@@H]1O. The van der Waals surface area contributed by atoms with Crippen LogP contribution in [0.1, 0.15) is 88.9 Å². The van der Waals surface area contributed by atoms with E-state index in [0.717, 1.165) is 0 Å². The predicted molar refractivity (Wildman–Crippen MR) is 176 cm³/mol. The summed E-state index contributed by atoms with van der Waals surface area (Å²) in [4.78, 5) is 64.5. The first-order chi connectivity index (χ1) is 24.9. The van der Waals surface area contributed by atoms with Crippen molar-refractivity contribution in [1.29, 1.82) is 0 Å². The highest BCUT2D eigenvalue weighted by molar-refractivity contribution is 6.31. The molecule has 5 N–H and O–H groups in total. The van der Waals surface area contributed by atoms with Crippen molar-refractivity contribution in [1.82, 2.24) is 5.32 Å². The lowest BCUT2D eigenvalue weighted by Crippen LogP contribution is -2.46. The van der Waals surface area contributed by atoms with E-state index in [1.807, 2.05) is 6.92 Å². The lowest BCUT2D eigenvalue weighted by Gasteiger charge is -2.35. The van der Waals surface area contributed by atoms with Crippen LogP contribution < -0.4 is 10.1 Å². The Hall–Kier alpha value is -5.00. The van der Waals surface area contributed by atoms with Crippen LogP contribution in [0.25, 0.3) is 0 Å². The number of ketones is 3. The number of benzene rings is 2. The summed E-state index contributed by atoms with van der Waals surface area (Å²) < 4.78 is 59.9. The zero-order chi connectivity index (χ0) is 39.4. The molecule has 0 saturated carbocycles. The second kappa shape index (κ2) is 16.3. The van der Waals surface area contributed by atoms with Gasteiger partial charge in [-0.3, -0.25) is 24.0 Å². The van der Waals surface area contributed by atoms with E-state index in [9.17, 15) is 57.6 Å². The van der Waals surface area contributed by atoms with Gasteiger partial charge in [0.1, 0.15) is 34.7 Å². The van der Waals surface area contributed by atoms with Crippen LogP contribution in [0.3, 0.4) is 0 Å². The van der Waals surface area contributed by atoms with Gasteiger partial charge < -0.3 is 44.7 Å². The summed E-state index contributed by atoms with van der Waals surface area (Å²) in [6.07, 6.45) is -8.30. The number of hydrogen-bond donors (Lipinski definition) is 5. The number of aliphatic hydroxyl groups excluding tert-OH is 1. The summed E-state index contributed by atoms with van der Waals surface area (Å²) in [7, 11) is 1.25. The molecule has 2 aliphatic rings. The number of halogens is 3. The van der Waals surface area contributed by atoms with Crippen molar-refractivity contribution in [2.24, 2.45) is 5.92 Å². The second-order valence-corrected chi connectivity index (χ2v) is 12.7. The number of alkyl halides is 3. The van der Waals surface area contributed by atoms with Gasteiger partial charge in [0.15, 0.2) is 18.7 Å². The summed E-state index contributed by atoms with van der Waals surface area (Å²) in [5.41, 5.74) is -4.78. The monoisotopic (exact) mass is 751 g/mol. The van der Waals surface area contributed by atoms with E-state index in [2.05, 4.69) is 6.58 Å². The van der Waals surface area contributed by atoms with E-state index < -0.39 is 114 Å². The minimum absolute atomic E-state index is 0.0111. The fraction of sp³-hybridized carbons (Fsp3) is 0.472. The van der Waals surface area contributed by atoms with Gasteiger partial charge in [-0.2, -0.15) is 13.2 Å². The van der Waals surface area contributed by atoms with E-state index in [0.29, 0.717) is 12.8 Å². The minimum Gasteiger partial charge on any atom is -0.507 e. The van der Waals surface area contributed by atoms with E-state index >= 15 is 0 Å². The van der Waals surface area contributed by atoms with E-state index in [4.69, 9.17) is 18.9 Å². The summed E-state index contributed by atoms with van der Waals surface area (Å²) in [5.74, 6) is -8.89. The fourth-order valence-corrected chi connectivity index (χ4v) is 6.11. The van der Waals surface area contributed by atoms with Crippen LogP contribution in [-0.4, -0.2) is 94.1 Å². The second-order valence-electron chi connectivity index (χ2n) is 12.7. The number of aromatic hydroxyl groups is 2. The molecule has 4 atom stereocenters. The van der Waals surface area contributed by atoms with Gasteiger partial charge in [0.2, 0.25) is 11.6 Å². The minimum atomic E-state index is -5.19. The molecule has 0 aromatic heterocycles. The van der Waals surface area contributed by atoms with Crippen LogP contribution in [0, 0.1) is 5.92 Å². The van der Waals surface area contributed by atoms with Crippen LogP contribution >= 0.6 is 0 Å². The number of rotatable bonds is 15. The fourth-order valence-electron chi connectivity index (χ4n) is 6.11. The number of ether oxygens (including phenoxy) is 4. The number of hydrogen-bond acceptors (Lipinski definition) is 13. The first kappa shape index (κ1) is 40.8. The maximum atomic E-state index is 13.9. The summed E-state index contributed by atoms with van der Waals surface area (Å²) >= 11 is 0. The third-order valence-electron chi connectivity index (χ3n) is 9.25. The van der Waals surface area contributed by atoms with Crippen LogP contribution in [-0.2, 0) is 41.6 Å². The Morgan fingerprint density at radius 3 is 2.32 bits per heavy atom. The van der Waals surface area contributed by atoms with Crippen molar-refractivity contribution >= 4 is 29.2 Å². The molecule has 0 radical (unpaired) electrons. The largest absolute Gasteiger partial charge is 0.507 e. The molecular formula is C36H40F3NO13. The number of nitrogens with one attached hydrogen (secondary N) is 1. The lowest BCUT2D eigenvalue weighted by atomic mass is 9.77. The number of unbranched alkanes of at least 4 members (excludes halogenated alkanes) is 1. The standard InChI is InChI=1S/C36H40F3NO13/c1-5-7-11-24(42)51-16-23(41)35(49,6-2)13-20-21(15-52-25-12-18(29(43)17(3)53-25)14-40-34(48)36(37,38)39)32(46)28-27(31(20)45)30(44)19-9-8-10-22(50-4)26(19)33(28)47/h8-10,18,25,29,43,45-46,49H,3,5-7,11-16H2,1-2,4H3,(H,40,48)/t18?,25-,29-,35-/m1/s1. The Kier molecular flexibility index (Phi) is 12.6. The van der Waals surface area contributed by atoms with E-state index in [1.54, 1.807) is 5.32 Å². The van der Waals surface area contributed by atoms with E-state index in [1.165, 1.54) is 32.2 Å². The van der Waals surface area contributed by atoms with Crippen molar-refractivity contribution < 1.29 is 76.5 Å². The summed E-state index contributed by atoms with van der Waals surface area (Å²) in [5, 5.41) is 47.1. The van der Waals surface area contributed by atoms with Gasteiger partial charge in [0.25, 0.3) is 0 Å². The van der Waals surface area contributed by atoms with Crippen molar-refractivity contribution in [3.05, 3.63) is 63.9 Å². The number of carbonyl (C=O) groups excluding carboxylic acids is 5. The zero-order valence-electron chi connectivity index (χ0n) is 29.1. The molecule has 53 heavy (non-hydrogen) atoms. The quantitative estimate of drug-likeness (QED) is 0.112. The molecule has 1 heterocycles. The molecular weight excluding hydrogens is 711 g/mol. The van der Waals surface area contributed by atoms with Gasteiger partial charge in [-0.05, 0) is 18.9 Å². The topological polar surface area (TPSA) is 215 Å². The third kappa shape index (κ3) is 8.47. The molecule has 0 spiro atoms. The van der Waals surface area contributed by atoms with Gasteiger partial charge in [-0.15, -0.1) is 0 Å². The molecule has 2 aromatic rings. The molecule has 1 aliphatic carbocycles. The highest BCUT2D eigenvalue weighted by Crippen LogP contribution is 2.46.